The molecule has 10 heteroatoms. The predicted molar refractivity (Wildman–Crippen MR) is 110 cm³/mol. The molecule has 1 saturated heterocycles. The minimum atomic E-state index is -0.597. The average molecular weight is 421 g/mol. The summed E-state index contributed by atoms with van der Waals surface area (Å²) >= 11 is 0. The van der Waals surface area contributed by atoms with E-state index in [1.165, 1.54) is 0 Å². The van der Waals surface area contributed by atoms with Crippen LogP contribution in [0.15, 0.2) is 18.3 Å². The van der Waals surface area contributed by atoms with Crippen molar-refractivity contribution in [1.82, 2.24) is 20.4 Å². The normalized spacial score (nSPS) is 17.4. The number of amides is 2. The molecule has 8 nitrogen and oxygen atoms in total. The van der Waals surface area contributed by atoms with Crippen LogP contribution >= 0.6 is 24.8 Å². The molecule has 2 atom stereocenters. The van der Waals surface area contributed by atoms with Crippen LogP contribution in [0.25, 0.3) is 0 Å². The van der Waals surface area contributed by atoms with Gasteiger partial charge < -0.3 is 20.9 Å². The highest BCUT2D eigenvalue weighted by Gasteiger charge is 2.27. The number of hydrogen-bond acceptors (Lipinski definition) is 6. The van der Waals surface area contributed by atoms with E-state index in [-0.39, 0.29) is 55.1 Å². The summed E-state index contributed by atoms with van der Waals surface area (Å²) in [5, 5.41) is 10.7. The molecule has 1 aromatic heterocycles. The van der Waals surface area contributed by atoms with E-state index in [0.29, 0.717) is 6.54 Å². The minimum absolute atomic E-state index is 0. The lowest BCUT2D eigenvalue weighted by Crippen LogP contribution is -2.52. The van der Waals surface area contributed by atoms with Crippen LogP contribution in [0, 0.1) is 5.92 Å². The molecule has 27 heavy (non-hydrogen) atoms. The van der Waals surface area contributed by atoms with Crippen LogP contribution in [0.1, 0.15) is 26.7 Å². The van der Waals surface area contributed by atoms with E-state index >= 15 is 0 Å². The van der Waals surface area contributed by atoms with Gasteiger partial charge in [0.2, 0.25) is 11.8 Å². The van der Waals surface area contributed by atoms with Gasteiger partial charge in [0.15, 0.2) is 5.82 Å². The highest BCUT2D eigenvalue weighted by atomic mass is 35.5. The number of rotatable bonds is 6. The number of halogens is 2. The number of carbonyl (C=O) groups is 2. The van der Waals surface area contributed by atoms with Gasteiger partial charge in [-0.2, -0.15) is 5.10 Å². The van der Waals surface area contributed by atoms with E-state index in [0.717, 1.165) is 25.2 Å². The van der Waals surface area contributed by atoms with Crippen molar-refractivity contribution >= 4 is 42.4 Å². The monoisotopic (exact) mass is 420 g/mol. The number of carbonyl (C=O) groups excluding carboxylic acids is 2. The summed E-state index contributed by atoms with van der Waals surface area (Å²) in [6.45, 7) is 5.33. The number of aromatic nitrogens is 2. The summed E-state index contributed by atoms with van der Waals surface area (Å²) in [6.07, 6.45) is 3.55. The quantitative estimate of drug-likeness (QED) is 0.706. The first-order valence-corrected chi connectivity index (χ1v) is 8.71. The second-order valence-corrected chi connectivity index (χ2v) is 6.82. The minimum Gasteiger partial charge on any atom is -0.353 e. The summed E-state index contributed by atoms with van der Waals surface area (Å²) in [5.74, 6) is 0.452. The predicted octanol–water partition coefficient (Wildman–Crippen LogP) is 0.847. The molecular formula is C17H30Cl2N6O2. The maximum Gasteiger partial charge on any atom is 0.242 e. The SMILES string of the molecule is CC(C)[C@H](N)C(=O)NCC(=O)N(C)C1CCCN(c2cccnn2)C1.Cl.Cl. The molecule has 2 heterocycles. The Balaban J connectivity index is 0.00000338. The van der Waals surface area contributed by atoms with Crippen LogP contribution in [-0.4, -0.2) is 65.7 Å². The second kappa shape index (κ2) is 11.9. The summed E-state index contributed by atoms with van der Waals surface area (Å²) in [7, 11) is 1.78. The number of hydrogen-bond donors (Lipinski definition) is 2. The first kappa shape index (κ1) is 25.4. The Kier molecular flexibility index (Phi) is 11.2. The molecule has 2 amide bonds. The van der Waals surface area contributed by atoms with Gasteiger partial charge in [-0.05, 0) is 30.9 Å². The molecule has 0 bridgehead atoms. The third kappa shape index (κ3) is 7.12. The molecule has 0 aliphatic carbocycles. The van der Waals surface area contributed by atoms with Crippen molar-refractivity contribution in [2.24, 2.45) is 11.7 Å². The molecule has 154 valence electrons. The van der Waals surface area contributed by atoms with Gasteiger partial charge in [-0.3, -0.25) is 9.59 Å². The van der Waals surface area contributed by atoms with Gasteiger partial charge in [0.05, 0.1) is 12.6 Å². The third-order valence-electron chi connectivity index (χ3n) is 4.65. The van der Waals surface area contributed by atoms with Gasteiger partial charge >= 0.3 is 0 Å². The van der Waals surface area contributed by atoms with E-state index in [1.54, 1.807) is 18.1 Å². The Hall–Kier alpha value is -1.64. The maximum absolute atomic E-state index is 12.4. The molecule has 0 radical (unpaired) electrons. The number of nitrogens with zero attached hydrogens (tertiary/aromatic N) is 4. The van der Waals surface area contributed by atoms with E-state index in [9.17, 15) is 9.59 Å². The molecule has 3 N–H and O–H groups in total. The van der Waals surface area contributed by atoms with Crippen molar-refractivity contribution in [3.05, 3.63) is 18.3 Å². The van der Waals surface area contributed by atoms with Crippen molar-refractivity contribution in [2.75, 3.05) is 31.6 Å². The van der Waals surface area contributed by atoms with Crippen molar-refractivity contribution in [2.45, 2.75) is 38.8 Å². The second-order valence-electron chi connectivity index (χ2n) is 6.82. The fraction of sp³-hybridized carbons (Fsp3) is 0.647. The highest BCUT2D eigenvalue weighted by molar-refractivity contribution is 5.87. The van der Waals surface area contributed by atoms with E-state index in [4.69, 9.17) is 5.73 Å². The molecule has 1 unspecified atom stereocenters. The van der Waals surface area contributed by atoms with E-state index < -0.39 is 6.04 Å². The van der Waals surface area contributed by atoms with Gasteiger partial charge in [0.25, 0.3) is 0 Å². The van der Waals surface area contributed by atoms with Gasteiger partial charge in [-0.1, -0.05) is 13.8 Å². The molecular weight excluding hydrogens is 391 g/mol. The highest BCUT2D eigenvalue weighted by Crippen LogP contribution is 2.19. The number of piperidine rings is 1. The lowest BCUT2D eigenvalue weighted by molar-refractivity contribution is -0.134. The standard InChI is InChI=1S/C17H28N6O2.2ClH/c1-12(2)16(18)17(25)19-10-15(24)22(3)13-6-5-9-23(11-13)14-7-4-8-20-21-14;;/h4,7-8,12-13,16H,5-6,9-11,18H2,1-3H3,(H,19,25);2*1H/t13?,16-;;/m0../s1. The molecule has 0 spiro atoms. The van der Waals surface area contributed by atoms with Gasteiger partial charge in [-0.25, -0.2) is 0 Å². The zero-order valence-corrected chi connectivity index (χ0v) is 17.6. The van der Waals surface area contributed by atoms with Crippen LogP contribution in [-0.2, 0) is 9.59 Å². The topological polar surface area (TPSA) is 104 Å². The first-order valence-electron chi connectivity index (χ1n) is 8.71. The fourth-order valence-corrected chi connectivity index (χ4v) is 2.85. The van der Waals surface area contributed by atoms with E-state index in [2.05, 4.69) is 20.4 Å². The number of likely N-dealkylation sites (N-methyl/N-ethyl adjacent to an activating group) is 1. The zero-order chi connectivity index (χ0) is 18.4. The van der Waals surface area contributed by atoms with Gasteiger partial charge in [-0.15, -0.1) is 29.9 Å². The van der Waals surface area contributed by atoms with Crippen LogP contribution in [0.5, 0.6) is 0 Å². The molecule has 1 fully saturated rings. The summed E-state index contributed by atoms with van der Waals surface area (Å²) in [5.41, 5.74) is 5.79. The smallest absolute Gasteiger partial charge is 0.242 e. The molecule has 0 aromatic carbocycles. The van der Waals surface area contributed by atoms with Crippen molar-refractivity contribution in [3.63, 3.8) is 0 Å². The number of nitrogens with one attached hydrogen (secondary N) is 1. The number of nitrogens with two attached hydrogens (primary N) is 1. The Morgan fingerprint density at radius 3 is 2.70 bits per heavy atom. The van der Waals surface area contributed by atoms with E-state index in [1.807, 2.05) is 26.0 Å². The lowest BCUT2D eigenvalue weighted by atomic mass is 10.0. The number of anilines is 1. The Labute approximate surface area is 173 Å². The summed E-state index contributed by atoms with van der Waals surface area (Å²) in [6, 6.07) is 3.26. The first-order chi connectivity index (χ1) is 11.9. The fourth-order valence-electron chi connectivity index (χ4n) is 2.85. The average Bonchev–Trinajstić information content (AvgIpc) is 2.65. The molecule has 1 aliphatic heterocycles. The lowest BCUT2D eigenvalue weighted by Gasteiger charge is -2.38. The third-order valence-corrected chi connectivity index (χ3v) is 4.65. The van der Waals surface area contributed by atoms with Crippen molar-refractivity contribution in [3.8, 4) is 0 Å². The summed E-state index contributed by atoms with van der Waals surface area (Å²) in [4.78, 5) is 28.1. The maximum atomic E-state index is 12.4. The van der Waals surface area contributed by atoms with Crippen LogP contribution in [0.4, 0.5) is 5.82 Å². The van der Waals surface area contributed by atoms with Crippen molar-refractivity contribution in [1.29, 1.82) is 0 Å². The Bertz CT molecular complexity index is 590. The van der Waals surface area contributed by atoms with Crippen LogP contribution in [0.2, 0.25) is 0 Å². The molecule has 1 aliphatic rings. The Morgan fingerprint density at radius 1 is 1.41 bits per heavy atom. The Morgan fingerprint density at radius 2 is 2.11 bits per heavy atom. The van der Waals surface area contributed by atoms with Crippen molar-refractivity contribution < 1.29 is 9.59 Å². The van der Waals surface area contributed by atoms with Gasteiger partial charge in [0.1, 0.15) is 0 Å². The summed E-state index contributed by atoms with van der Waals surface area (Å²) < 4.78 is 0. The largest absolute Gasteiger partial charge is 0.353 e. The molecule has 2 rings (SSSR count). The van der Waals surface area contributed by atoms with Crippen LogP contribution < -0.4 is 16.0 Å². The zero-order valence-electron chi connectivity index (χ0n) is 16.0. The molecule has 0 saturated carbocycles. The van der Waals surface area contributed by atoms with Gasteiger partial charge in [0, 0.05) is 32.4 Å². The molecule has 1 aromatic rings. The van der Waals surface area contributed by atoms with Crippen LogP contribution in [0.3, 0.4) is 0 Å².